The highest BCUT2D eigenvalue weighted by Crippen LogP contribution is 2.26. The molecule has 0 aliphatic heterocycles. The number of rotatable bonds is 2. The van der Waals surface area contributed by atoms with Gasteiger partial charge in [0.05, 0.1) is 12.8 Å². The SMILES string of the molecule is O/N=C/Cn1ccc(C(F)(F)F)n1. The molecular weight excluding hydrogens is 187 g/mol. The molecule has 4 nitrogen and oxygen atoms in total. The van der Waals surface area contributed by atoms with Crippen molar-refractivity contribution in [2.24, 2.45) is 5.16 Å². The first kappa shape index (κ1) is 9.56. The lowest BCUT2D eigenvalue weighted by Gasteiger charge is -2.00. The lowest BCUT2D eigenvalue weighted by molar-refractivity contribution is -0.141. The molecule has 1 rings (SSSR count). The molecule has 1 aromatic heterocycles. The van der Waals surface area contributed by atoms with Gasteiger partial charge in [0.2, 0.25) is 0 Å². The first-order valence-electron chi connectivity index (χ1n) is 3.30. The van der Waals surface area contributed by atoms with Gasteiger partial charge in [-0.1, -0.05) is 0 Å². The summed E-state index contributed by atoms with van der Waals surface area (Å²) >= 11 is 0. The molecule has 1 N–H and O–H groups in total. The Morgan fingerprint density at radius 2 is 2.31 bits per heavy atom. The number of halogens is 3. The Morgan fingerprint density at radius 3 is 2.77 bits per heavy atom. The number of hydrogen-bond donors (Lipinski definition) is 1. The molecular formula is C6H6F3N3O. The van der Waals surface area contributed by atoms with E-state index in [4.69, 9.17) is 5.21 Å². The fraction of sp³-hybridized carbons (Fsp3) is 0.333. The van der Waals surface area contributed by atoms with Crippen molar-refractivity contribution in [3.8, 4) is 0 Å². The first-order chi connectivity index (χ1) is 6.04. The van der Waals surface area contributed by atoms with Gasteiger partial charge in [-0.2, -0.15) is 18.3 Å². The molecule has 0 aromatic carbocycles. The van der Waals surface area contributed by atoms with Crippen LogP contribution in [0.1, 0.15) is 5.69 Å². The van der Waals surface area contributed by atoms with Crippen LogP contribution < -0.4 is 0 Å². The molecule has 7 heteroatoms. The van der Waals surface area contributed by atoms with Gasteiger partial charge in [-0.05, 0) is 6.07 Å². The van der Waals surface area contributed by atoms with Crippen molar-refractivity contribution in [1.82, 2.24) is 9.78 Å². The van der Waals surface area contributed by atoms with Crippen molar-refractivity contribution in [2.45, 2.75) is 12.7 Å². The van der Waals surface area contributed by atoms with Crippen molar-refractivity contribution in [3.63, 3.8) is 0 Å². The Hall–Kier alpha value is -1.53. The van der Waals surface area contributed by atoms with Crippen molar-refractivity contribution in [1.29, 1.82) is 0 Å². The van der Waals surface area contributed by atoms with Gasteiger partial charge >= 0.3 is 6.18 Å². The summed E-state index contributed by atoms with van der Waals surface area (Å²) in [6.07, 6.45) is -2.24. The molecule has 0 radical (unpaired) electrons. The topological polar surface area (TPSA) is 50.4 Å². The molecule has 1 heterocycles. The van der Waals surface area contributed by atoms with Crippen LogP contribution in [-0.2, 0) is 12.7 Å². The van der Waals surface area contributed by atoms with Gasteiger partial charge in [0.15, 0.2) is 5.69 Å². The maximum Gasteiger partial charge on any atom is 0.435 e. The average molecular weight is 193 g/mol. The Morgan fingerprint density at radius 1 is 1.62 bits per heavy atom. The minimum absolute atomic E-state index is 0.00653. The van der Waals surface area contributed by atoms with E-state index in [1.54, 1.807) is 0 Å². The normalized spacial score (nSPS) is 12.5. The molecule has 0 atom stereocenters. The molecule has 0 bridgehead atoms. The highest BCUT2D eigenvalue weighted by molar-refractivity contribution is 5.55. The van der Waals surface area contributed by atoms with E-state index in [1.165, 1.54) is 0 Å². The van der Waals surface area contributed by atoms with E-state index in [-0.39, 0.29) is 6.54 Å². The van der Waals surface area contributed by atoms with Crippen LogP contribution in [0, 0.1) is 0 Å². The van der Waals surface area contributed by atoms with Crippen LogP contribution in [0.15, 0.2) is 17.4 Å². The fourth-order valence-corrected chi connectivity index (χ4v) is 0.735. The average Bonchev–Trinajstić information content (AvgIpc) is 2.47. The second kappa shape index (κ2) is 3.46. The lowest BCUT2D eigenvalue weighted by atomic mass is 10.4. The minimum Gasteiger partial charge on any atom is -0.411 e. The Balaban J connectivity index is 2.75. The summed E-state index contributed by atoms with van der Waals surface area (Å²) in [6, 6.07) is 0.852. The van der Waals surface area contributed by atoms with Crippen LogP contribution in [0.3, 0.4) is 0 Å². The van der Waals surface area contributed by atoms with Crippen LogP contribution in [0.5, 0.6) is 0 Å². The van der Waals surface area contributed by atoms with Gasteiger partial charge < -0.3 is 5.21 Å². The third-order valence-electron chi connectivity index (χ3n) is 1.28. The van der Waals surface area contributed by atoms with E-state index in [2.05, 4.69) is 10.3 Å². The van der Waals surface area contributed by atoms with Crippen molar-refractivity contribution in [3.05, 3.63) is 18.0 Å². The zero-order valence-electron chi connectivity index (χ0n) is 6.36. The summed E-state index contributed by atoms with van der Waals surface area (Å²) in [5.74, 6) is 0. The van der Waals surface area contributed by atoms with E-state index >= 15 is 0 Å². The number of oxime groups is 1. The van der Waals surface area contributed by atoms with Crippen LogP contribution in [0.25, 0.3) is 0 Å². The van der Waals surface area contributed by atoms with Gasteiger partial charge in [0.25, 0.3) is 0 Å². The molecule has 0 saturated heterocycles. The molecule has 0 amide bonds. The van der Waals surface area contributed by atoms with Gasteiger partial charge in [-0.25, -0.2) is 0 Å². The largest absolute Gasteiger partial charge is 0.435 e. The second-order valence-electron chi connectivity index (χ2n) is 2.22. The summed E-state index contributed by atoms with van der Waals surface area (Å²) in [4.78, 5) is 0. The van der Waals surface area contributed by atoms with Gasteiger partial charge in [-0.3, -0.25) is 4.68 Å². The van der Waals surface area contributed by atoms with Crippen molar-refractivity contribution in [2.75, 3.05) is 0 Å². The summed E-state index contributed by atoms with van der Waals surface area (Å²) in [5.41, 5.74) is -0.959. The zero-order valence-corrected chi connectivity index (χ0v) is 6.36. The Kier molecular flexibility index (Phi) is 2.54. The second-order valence-corrected chi connectivity index (χ2v) is 2.22. The fourth-order valence-electron chi connectivity index (χ4n) is 0.735. The number of hydrogen-bond acceptors (Lipinski definition) is 3. The van der Waals surface area contributed by atoms with Crippen LogP contribution in [0.2, 0.25) is 0 Å². The van der Waals surface area contributed by atoms with E-state index in [9.17, 15) is 13.2 Å². The molecule has 0 aliphatic carbocycles. The van der Waals surface area contributed by atoms with Crippen LogP contribution in [0.4, 0.5) is 13.2 Å². The molecule has 0 saturated carbocycles. The third kappa shape index (κ3) is 2.46. The third-order valence-corrected chi connectivity index (χ3v) is 1.28. The van der Waals surface area contributed by atoms with Gasteiger partial charge in [0, 0.05) is 6.20 Å². The maximum absolute atomic E-state index is 12.0. The monoisotopic (exact) mass is 193 g/mol. The Labute approximate surface area is 71.3 Å². The number of aromatic nitrogens is 2. The smallest absolute Gasteiger partial charge is 0.411 e. The minimum atomic E-state index is -4.43. The number of alkyl halides is 3. The number of nitrogens with zero attached hydrogens (tertiary/aromatic N) is 3. The molecule has 1 aromatic rings. The van der Waals surface area contributed by atoms with E-state index in [0.29, 0.717) is 0 Å². The van der Waals surface area contributed by atoms with E-state index in [1.807, 2.05) is 0 Å². The zero-order chi connectivity index (χ0) is 9.90. The van der Waals surface area contributed by atoms with Crippen LogP contribution in [-0.4, -0.2) is 21.2 Å². The van der Waals surface area contributed by atoms with E-state index < -0.39 is 11.9 Å². The molecule has 0 aliphatic rings. The first-order valence-corrected chi connectivity index (χ1v) is 3.30. The predicted octanol–water partition coefficient (Wildman–Crippen LogP) is 1.36. The summed E-state index contributed by atoms with van der Waals surface area (Å²) in [7, 11) is 0. The standard InChI is InChI=1S/C6H6F3N3O/c7-6(8,9)5-1-3-12(11-5)4-2-10-13/h1-3,13H,4H2/b10-2+. The van der Waals surface area contributed by atoms with E-state index in [0.717, 1.165) is 23.2 Å². The highest BCUT2D eigenvalue weighted by Gasteiger charge is 2.33. The summed E-state index contributed by atoms with van der Waals surface area (Å²) < 4.78 is 36.9. The lowest BCUT2D eigenvalue weighted by Crippen LogP contribution is -2.08. The molecule has 0 unspecified atom stereocenters. The molecule has 0 fully saturated rings. The summed E-state index contributed by atoms with van der Waals surface area (Å²) in [6.45, 7) is 0.00653. The maximum atomic E-state index is 12.0. The van der Waals surface area contributed by atoms with Gasteiger partial charge in [-0.15, -0.1) is 5.16 Å². The van der Waals surface area contributed by atoms with Gasteiger partial charge in [0.1, 0.15) is 0 Å². The van der Waals surface area contributed by atoms with Crippen LogP contribution >= 0.6 is 0 Å². The quantitative estimate of drug-likeness (QED) is 0.438. The highest BCUT2D eigenvalue weighted by atomic mass is 19.4. The molecule has 0 spiro atoms. The van der Waals surface area contributed by atoms with Crippen molar-refractivity contribution >= 4 is 6.21 Å². The summed E-state index contributed by atoms with van der Waals surface area (Å²) in [5, 5.41) is 13.8. The molecule has 13 heavy (non-hydrogen) atoms. The predicted molar refractivity (Wildman–Crippen MR) is 37.5 cm³/mol. The Bertz CT molecular complexity index is 304. The molecule has 72 valence electrons. The van der Waals surface area contributed by atoms with Crippen molar-refractivity contribution < 1.29 is 18.4 Å².